The van der Waals surface area contributed by atoms with Crippen molar-refractivity contribution in [2.24, 2.45) is 39.8 Å². The highest BCUT2D eigenvalue weighted by molar-refractivity contribution is 5.99. The highest BCUT2D eigenvalue weighted by Gasteiger charge is 2.44. The molecule has 37 heteroatoms. The summed E-state index contributed by atoms with van der Waals surface area (Å²) in [5.41, 5.74) is 23.5. The second-order valence-electron chi connectivity index (χ2n) is 25.8. The number of carbonyl (C=O) groups is 13. The van der Waals surface area contributed by atoms with Gasteiger partial charge in [0.05, 0.1) is 19.6 Å². The van der Waals surface area contributed by atoms with Crippen LogP contribution in [0.4, 0.5) is 9.59 Å². The van der Waals surface area contributed by atoms with Crippen LogP contribution in [0.1, 0.15) is 123 Å². The van der Waals surface area contributed by atoms with E-state index in [2.05, 4.69) is 36.9 Å². The van der Waals surface area contributed by atoms with Crippen LogP contribution in [-0.4, -0.2) is 282 Å². The van der Waals surface area contributed by atoms with Gasteiger partial charge >= 0.3 is 36.0 Å². The van der Waals surface area contributed by atoms with Crippen molar-refractivity contribution in [3.8, 4) is 5.75 Å². The number of imide groups is 1. The maximum absolute atomic E-state index is 15.1. The Morgan fingerprint density at radius 2 is 1.10 bits per heavy atom. The molecule has 3 saturated heterocycles. The van der Waals surface area contributed by atoms with Gasteiger partial charge in [0.25, 0.3) is 0 Å². The Kier molecular flexibility index (Phi) is 34.0. The number of hydrogen-bond donors (Lipinski definition) is 17. The summed E-state index contributed by atoms with van der Waals surface area (Å²) in [5.74, 6) is -12.4. The monoisotopic (exact) mass is 1410 g/mol. The molecule has 1 aromatic carbocycles. The number of amides is 10. The van der Waals surface area contributed by atoms with Gasteiger partial charge in [0.15, 0.2) is 11.9 Å². The third-order valence-electron chi connectivity index (χ3n) is 17.7. The number of aliphatic imine (C=N–C) groups is 1. The minimum Gasteiger partial charge on any atom is -0.508 e. The molecule has 1 unspecified atom stereocenters. The van der Waals surface area contributed by atoms with Crippen LogP contribution in [0, 0.1) is 17.2 Å². The number of likely N-dealkylation sites (tertiary alicyclic amines) is 3. The number of nitrogens with two attached hydrogens (primary N) is 4. The van der Waals surface area contributed by atoms with Crippen LogP contribution in [0.15, 0.2) is 29.3 Å². The number of aliphatic carboxylic acids is 4. The van der Waals surface area contributed by atoms with E-state index >= 15 is 9.59 Å². The van der Waals surface area contributed by atoms with Gasteiger partial charge in [0, 0.05) is 64.8 Å². The lowest BCUT2D eigenvalue weighted by Crippen LogP contribution is -2.61. The molecule has 3 fully saturated rings. The summed E-state index contributed by atoms with van der Waals surface area (Å²) in [5, 5.41) is 82.8. The van der Waals surface area contributed by atoms with Gasteiger partial charge in [-0.2, -0.15) is 0 Å². The summed E-state index contributed by atoms with van der Waals surface area (Å²) < 4.78 is 0. The number of nitrogens with one attached hydrogen (secondary N) is 7. The summed E-state index contributed by atoms with van der Waals surface area (Å²) in [7, 11) is 0. The number of phenols is 1. The van der Waals surface area contributed by atoms with E-state index in [0.717, 1.165) is 9.80 Å². The number of phenolic OH excluding ortho intramolecular Hbond substituents is 1. The Hall–Kier alpha value is -9.65. The largest absolute Gasteiger partial charge is 0.508 e. The molecule has 100 heavy (non-hydrogen) atoms. The lowest BCUT2D eigenvalue weighted by molar-refractivity contribution is -0.144. The number of carboxylic acids is 4. The van der Waals surface area contributed by atoms with Crippen molar-refractivity contribution in [3.63, 3.8) is 0 Å². The summed E-state index contributed by atoms with van der Waals surface area (Å²) >= 11 is 0. The maximum atomic E-state index is 15.1. The molecular weight excluding hydrogens is 1310 g/mol. The average molecular weight is 1420 g/mol. The molecular formula is C63H102N18O19. The smallest absolute Gasteiger partial charge is 0.415 e. The number of benzene rings is 1. The Bertz CT molecular complexity index is 3030. The first-order chi connectivity index (χ1) is 47.2. The zero-order chi connectivity index (χ0) is 74.5. The van der Waals surface area contributed by atoms with Crippen LogP contribution in [0.2, 0.25) is 0 Å². The molecule has 10 amide bonds. The second-order valence-corrected chi connectivity index (χ2v) is 25.8. The van der Waals surface area contributed by atoms with Crippen molar-refractivity contribution < 1.29 is 93.0 Å². The first-order valence-electron chi connectivity index (χ1n) is 33.7. The van der Waals surface area contributed by atoms with Crippen LogP contribution in [0.25, 0.3) is 0 Å². The molecule has 21 N–H and O–H groups in total. The van der Waals surface area contributed by atoms with E-state index in [-0.39, 0.29) is 138 Å². The van der Waals surface area contributed by atoms with Crippen molar-refractivity contribution in [2.75, 3.05) is 78.5 Å². The molecule has 37 nitrogen and oxygen atoms in total. The molecule has 3 heterocycles. The van der Waals surface area contributed by atoms with Crippen molar-refractivity contribution in [2.45, 2.75) is 178 Å². The molecule has 4 rings (SSSR count). The predicted octanol–water partition coefficient (Wildman–Crippen LogP) is -2.64. The third kappa shape index (κ3) is 26.9. The zero-order valence-corrected chi connectivity index (χ0v) is 57.2. The molecule has 0 bridgehead atoms. The zero-order valence-electron chi connectivity index (χ0n) is 57.2. The number of carboxylic acid groups (broad SMARTS) is 5. The number of unbranched alkanes of at least 4 members (excludes halogenated alkanes) is 1. The van der Waals surface area contributed by atoms with Gasteiger partial charge in [-0.3, -0.25) is 68.1 Å². The lowest BCUT2D eigenvalue weighted by Gasteiger charge is -2.33. The van der Waals surface area contributed by atoms with Gasteiger partial charge in [-0.25, -0.2) is 19.3 Å². The number of rotatable bonds is 42. The normalized spacial score (nSPS) is 18.0. The number of guanidine groups is 2. The summed E-state index contributed by atoms with van der Waals surface area (Å²) in [4.78, 5) is 187. The average Bonchev–Trinajstić information content (AvgIpc) is 1.59. The Morgan fingerprint density at radius 3 is 1.62 bits per heavy atom. The van der Waals surface area contributed by atoms with Crippen LogP contribution in [0.5, 0.6) is 5.75 Å². The summed E-state index contributed by atoms with van der Waals surface area (Å²) in [6.45, 7) is 3.65. The summed E-state index contributed by atoms with van der Waals surface area (Å²) in [6, 6.07) is -7.05. The molecule has 10 atom stereocenters. The van der Waals surface area contributed by atoms with Gasteiger partial charge in [-0.05, 0) is 120 Å². The van der Waals surface area contributed by atoms with E-state index in [9.17, 15) is 83.4 Å². The molecule has 3 aliphatic heterocycles. The third-order valence-corrected chi connectivity index (χ3v) is 17.7. The fraction of sp³-hybridized carbons (Fsp3) is 0.667. The van der Waals surface area contributed by atoms with Crippen molar-refractivity contribution >= 4 is 89.3 Å². The fourth-order valence-electron chi connectivity index (χ4n) is 12.3. The first-order valence-corrected chi connectivity index (χ1v) is 33.7. The highest BCUT2D eigenvalue weighted by atomic mass is 16.4. The fourth-order valence-corrected chi connectivity index (χ4v) is 12.3. The molecule has 0 aliphatic carbocycles. The molecule has 0 radical (unpaired) electrons. The van der Waals surface area contributed by atoms with Gasteiger partial charge in [0.1, 0.15) is 54.1 Å². The number of urea groups is 1. The predicted molar refractivity (Wildman–Crippen MR) is 359 cm³/mol. The number of carbonyl (C=O) groups excluding carboxylic acids is 8. The highest BCUT2D eigenvalue weighted by Crippen LogP contribution is 2.26. The summed E-state index contributed by atoms with van der Waals surface area (Å²) in [6.07, 6.45) is 0.308. The Balaban J connectivity index is 1.65. The molecule has 3 aliphatic rings. The van der Waals surface area contributed by atoms with Gasteiger partial charge in [-0.1, -0.05) is 46.2 Å². The standard InChI is InChI=1S/C63H102N18O19/c1-5-37(4)51(56(93)73-45(59(96)97)30-36(2)3)75-53(90)43(31-38-17-19-40(82)20-18-38)71-54(91)46-15-10-24-79(46)57(94)41(14-8-22-69-60(65)66)70-52(89)44(32-39-12-9-23-78(39)61(67)68)72-55(92)47-16-11-25-80(47)58(95)42(13-6-7-21-64)74-62(98)81(63(99)100)29-28-76(33-48(83)84)26-27-77(34-49(85)86)35-50(87)88/h17-20,36-37,39,41-47,51,82H,5-16,21-35,64H2,1-4H3,(H3,67,68)(H,70,89)(H,71,91)(H,72,92)(H,73,93)(H,74,98)(H,75,90)(H,83,84)(H,85,86)(H,87,88)(H,96,97)(H,99,100)(H4,65,66,69)/t37-,39?,41-,42+,43-,44-,45-,46-,47-,51-/m0/s1. The van der Waals surface area contributed by atoms with E-state index in [1.807, 2.05) is 0 Å². The lowest BCUT2D eigenvalue weighted by atomic mass is 9.96. The van der Waals surface area contributed by atoms with Crippen molar-refractivity contribution in [1.82, 2.24) is 61.3 Å². The topological polar surface area (TPSA) is 575 Å². The quantitative estimate of drug-likeness (QED) is 0.0181. The number of hydrogen-bond acceptors (Lipinski definition) is 19. The van der Waals surface area contributed by atoms with E-state index in [0.29, 0.717) is 37.8 Å². The van der Waals surface area contributed by atoms with Crippen LogP contribution in [0.3, 0.4) is 0 Å². The molecule has 558 valence electrons. The van der Waals surface area contributed by atoms with Crippen LogP contribution >= 0.6 is 0 Å². The van der Waals surface area contributed by atoms with Gasteiger partial charge in [-0.15, -0.1) is 0 Å². The number of nitrogens with zero attached hydrogens (tertiary/aromatic N) is 7. The first kappa shape index (κ1) is 82.8. The van der Waals surface area contributed by atoms with E-state index in [1.165, 1.54) is 39.0 Å². The van der Waals surface area contributed by atoms with Crippen LogP contribution in [-0.2, 0) is 59.2 Å². The minimum atomic E-state index is -1.81. The van der Waals surface area contributed by atoms with Crippen LogP contribution < -0.4 is 54.8 Å². The molecule has 1 aromatic rings. The van der Waals surface area contributed by atoms with Gasteiger partial charge in [0.2, 0.25) is 41.4 Å². The SMILES string of the molecule is CC[C@H](C)[C@H](NC(=O)[C@H](Cc1ccc(O)cc1)NC(=O)[C@@H]1CCCN1C(=O)[C@H](CCCN=C(N)N)NC(=O)[C@H](CC1CCCN1C(=N)N)NC(=O)[C@@H]1CCCN1C(=O)[C@@H](CCCCN)NC(=O)N(CCN(CCN(CC(=O)O)CC(=O)O)CC(=O)O)C(=O)O)C(=O)N[C@@H](CC(C)C)C(=O)O. The van der Waals surface area contributed by atoms with Gasteiger partial charge < -0.3 is 100 Å². The maximum Gasteiger partial charge on any atom is 0.415 e. The minimum absolute atomic E-state index is 0.00766. The number of aromatic hydroxyl groups is 1. The molecule has 0 aromatic heterocycles. The Labute approximate surface area is 579 Å². The van der Waals surface area contributed by atoms with Crippen molar-refractivity contribution in [3.05, 3.63) is 29.8 Å². The Morgan fingerprint density at radius 1 is 0.600 bits per heavy atom. The van der Waals surface area contributed by atoms with E-state index < -0.39 is 170 Å². The van der Waals surface area contributed by atoms with E-state index in [1.54, 1.807) is 27.7 Å². The molecule has 0 saturated carbocycles. The van der Waals surface area contributed by atoms with Crippen molar-refractivity contribution in [1.29, 1.82) is 5.41 Å². The van der Waals surface area contributed by atoms with E-state index in [4.69, 9.17) is 28.3 Å². The second kappa shape index (κ2) is 41.0. The molecule has 0 spiro atoms.